The van der Waals surface area contributed by atoms with Gasteiger partial charge in [0.25, 0.3) is 0 Å². The summed E-state index contributed by atoms with van der Waals surface area (Å²) in [4.78, 5) is 18.3. The summed E-state index contributed by atoms with van der Waals surface area (Å²) in [6.07, 6.45) is 7.82. The van der Waals surface area contributed by atoms with Crippen LogP contribution in [0.3, 0.4) is 0 Å². The molecule has 0 saturated heterocycles. The van der Waals surface area contributed by atoms with Gasteiger partial charge in [0.15, 0.2) is 5.76 Å². The Bertz CT molecular complexity index is 1240. The summed E-state index contributed by atoms with van der Waals surface area (Å²) < 4.78 is 7.37. The second-order valence-electron chi connectivity index (χ2n) is 8.64. The number of benzene rings is 1. The number of aliphatic hydroxyl groups is 1. The molecule has 3 heterocycles. The van der Waals surface area contributed by atoms with E-state index in [0.717, 1.165) is 48.2 Å². The number of carbonyl (C=O) groups excluding carboxylic acids is 1. The summed E-state index contributed by atoms with van der Waals surface area (Å²) in [7, 11) is 0. The zero-order valence-corrected chi connectivity index (χ0v) is 18.6. The highest BCUT2D eigenvalue weighted by molar-refractivity contribution is 5.81. The molecule has 2 aliphatic rings. The fraction of sp³-hybridized carbons (Fsp3) is 0.346. The summed E-state index contributed by atoms with van der Waals surface area (Å²) in [6, 6.07) is 9.78. The van der Waals surface area contributed by atoms with Gasteiger partial charge in [0.1, 0.15) is 17.6 Å². The first-order valence-electron chi connectivity index (χ1n) is 11.3. The Morgan fingerprint density at radius 2 is 2.09 bits per heavy atom. The van der Waals surface area contributed by atoms with E-state index in [1.807, 2.05) is 46.0 Å². The van der Waals surface area contributed by atoms with Gasteiger partial charge in [-0.05, 0) is 50.5 Å². The van der Waals surface area contributed by atoms with Crippen LogP contribution in [-0.2, 0) is 11.3 Å². The van der Waals surface area contributed by atoms with Crippen molar-refractivity contribution in [2.24, 2.45) is 5.92 Å². The van der Waals surface area contributed by atoms with Crippen molar-refractivity contribution in [1.82, 2.24) is 19.6 Å². The Labute approximate surface area is 192 Å². The number of rotatable bonds is 5. The third-order valence-corrected chi connectivity index (χ3v) is 6.00. The van der Waals surface area contributed by atoms with Crippen molar-refractivity contribution in [3.63, 3.8) is 0 Å². The Kier molecular flexibility index (Phi) is 5.84. The first-order valence-corrected chi connectivity index (χ1v) is 11.3. The van der Waals surface area contributed by atoms with E-state index in [1.165, 1.54) is 0 Å². The standard InChI is InChI=1S/C26H26N4O3/c1-18(31)25-27-12-15-30(25)17-23-16-24(33-28-23)21-6-4-19(5-7-21)2-3-20-10-13-29(14-11-20)26(32)22-8-9-22/h4-7,10,12,15-16,18,22,31H,8-9,11,13-14,17H2,1H3/t18-/m0/s1. The van der Waals surface area contributed by atoms with E-state index in [2.05, 4.69) is 28.1 Å². The van der Waals surface area contributed by atoms with Crippen LogP contribution in [0.2, 0.25) is 0 Å². The quantitative estimate of drug-likeness (QED) is 0.611. The van der Waals surface area contributed by atoms with Crippen LogP contribution in [-0.4, -0.2) is 43.7 Å². The van der Waals surface area contributed by atoms with Gasteiger partial charge in [-0.2, -0.15) is 0 Å². The highest BCUT2D eigenvalue weighted by Crippen LogP contribution is 2.31. The Morgan fingerprint density at radius 3 is 2.79 bits per heavy atom. The smallest absolute Gasteiger partial charge is 0.225 e. The van der Waals surface area contributed by atoms with Crippen molar-refractivity contribution < 1.29 is 14.4 Å². The fourth-order valence-electron chi connectivity index (χ4n) is 3.96. The highest BCUT2D eigenvalue weighted by atomic mass is 16.5. The molecule has 1 amide bonds. The number of imidazole rings is 1. The molecule has 0 unspecified atom stereocenters. The third kappa shape index (κ3) is 4.91. The summed E-state index contributed by atoms with van der Waals surface area (Å²) in [5.74, 6) is 8.33. The highest BCUT2D eigenvalue weighted by Gasteiger charge is 2.33. The topological polar surface area (TPSA) is 84.4 Å². The van der Waals surface area contributed by atoms with E-state index in [1.54, 1.807) is 13.1 Å². The van der Waals surface area contributed by atoms with Gasteiger partial charge in [-0.1, -0.05) is 23.1 Å². The van der Waals surface area contributed by atoms with Crippen molar-refractivity contribution >= 4 is 5.91 Å². The second-order valence-corrected chi connectivity index (χ2v) is 8.64. The molecular weight excluding hydrogens is 416 g/mol. The molecule has 33 heavy (non-hydrogen) atoms. The van der Waals surface area contributed by atoms with Gasteiger partial charge in [0, 0.05) is 54.2 Å². The summed E-state index contributed by atoms with van der Waals surface area (Å²) >= 11 is 0. The van der Waals surface area contributed by atoms with Crippen LogP contribution >= 0.6 is 0 Å². The second kappa shape index (κ2) is 9.08. The molecule has 3 aromatic rings. The van der Waals surface area contributed by atoms with Gasteiger partial charge in [0.05, 0.1) is 6.54 Å². The summed E-state index contributed by atoms with van der Waals surface area (Å²) in [5.41, 5.74) is 3.70. The lowest BCUT2D eigenvalue weighted by Crippen LogP contribution is -2.35. The number of aromatic nitrogens is 3. The van der Waals surface area contributed by atoms with Crippen LogP contribution in [0.4, 0.5) is 0 Å². The molecule has 2 aromatic heterocycles. The predicted molar refractivity (Wildman–Crippen MR) is 123 cm³/mol. The number of aliphatic hydroxyl groups excluding tert-OH is 1. The van der Waals surface area contributed by atoms with E-state index >= 15 is 0 Å². The summed E-state index contributed by atoms with van der Waals surface area (Å²) in [5, 5.41) is 14.0. The minimum Gasteiger partial charge on any atom is -0.385 e. The van der Waals surface area contributed by atoms with Crippen LogP contribution in [0.5, 0.6) is 0 Å². The molecule has 1 aromatic carbocycles. The number of nitrogens with zero attached hydrogens (tertiary/aromatic N) is 4. The van der Waals surface area contributed by atoms with Crippen molar-refractivity contribution in [3.05, 3.63) is 71.5 Å². The Hall–Kier alpha value is -3.63. The lowest BCUT2D eigenvalue weighted by molar-refractivity contribution is -0.132. The number of amides is 1. The molecule has 0 spiro atoms. The van der Waals surface area contributed by atoms with Gasteiger partial charge < -0.3 is 19.1 Å². The minimum absolute atomic E-state index is 0.276. The lowest BCUT2D eigenvalue weighted by atomic mass is 10.1. The van der Waals surface area contributed by atoms with E-state index in [0.29, 0.717) is 30.6 Å². The molecule has 7 nitrogen and oxygen atoms in total. The number of carbonyl (C=O) groups is 1. The van der Waals surface area contributed by atoms with Crippen LogP contribution in [0, 0.1) is 17.8 Å². The molecule has 0 bridgehead atoms. The first-order chi connectivity index (χ1) is 16.1. The van der Waals surface area contributed by atoms with Crippen LogP contribution in [0.25, 0.3) is 11.3 Å². The minimum atomic E-state index is -0.645. The monoisotopic (exact) mass is 442 g/mol. The van der Waals surface area contributed by atoms with Gasteiger partial charge in [-0.15, -0.1) is 0 Å². The largest absolute Gasteiger partial charge is 0.385 e. The van der Waals surface area contributed by atoms with Gasteiger partial charge in [-0.3, -0.25) is 4.79 Å². The van der Waals surface area contributed by atoms with Crippen molar-refractivity contribution in [1.29, 1.82) is 0 Å². The first kappa shape index (κ1) is 21.2. The molecule has 1 fully saturated rings. The summed E-state index contributed by atoms with van der Waals surface area (Å²) in [6.45, 7) is 3.60. The molecule has 1 atom stereocenters. The molecule has 1 N–H and O–H groups in total. The van der Waals surface area contributed by atoms with Crippen molar-refractivity contribution in [2.45, 2.75) is 38.8 Å². The van der Waals surface area contributed by atoms with E-state index < -0.39 is 6.10 Å². The molecule has 0 radical (unpaired) electrons. The van der Waals surface area contributed by atoms with Crippen LogP contribution in [0.15, 0.2) is 58.9 Å². The third-order valence-electron chi connectivity index (χ3n) is 6.00. The normalized spacial score (nSPS) is 16.7. The van der Waals surface area contributed by atoms with E-state index in [4.69, 9.17) is 4.52 Å². The molecule has 1 aliphatic heterocycles. The molecule has 1 aliphatic carbocycles. The number of hydrogen-bond donors (Lipinski definition) is 1. The lowest BCUT2D eigenvalue weighted by Gasteiger charge is -2.25. The van der Waals surface area contributed by atoms with Crippen molar-refractivity contribution in [3.8, 4) is 23.2 Å². The van der Waals surface area contributed by atoms with E-state index in [-0.39, 0.29) is 5.92 Å². The molecule has 5 rings (SSSR count). The van der Waals surface area contributed by atoms with Gasteiger partial charge in [-0.25, -0.2) is 4.98 Å². The molecule has 168 valence electrons. The zero-order valence-electron chi connectivity index (χ0n) is 18.6. The van der Waals surface area contributed by atoms with Crippen LogP contribution < -0.4 is 0 Å². The van der Waals surface area contributed by atoms with Crippen molar-refractivity contribution in [2.75, 3.05) is 13.1 Å². The molecular formula is C26H26N4O3. The maximum atomic E-state index is 12.2. The predicted octanol–water partition coefficient (Wildman–Crippen LogP) is 3.56. The maximum Gasteiger partial charge on any atom is 0.225 e. The molecule has 7 heteroatoms. The van der Waals surface area contributed by atoms with Gasteiger partial charge >= 0.3 is 0 Å². The van der Waals surface area contributed by atoms with Gasteiger partial charge in [0.2, 0.25) is 5.91 Å². The average Bonchev–Trinajstić information content (AvgIpc) is 3.40. The molecule has 1 saturated carbocycles. The van der Waals surface area contributed by atoms with E-state index in [9.17, 15) is 9.90 Å². The van der Waals surface area contributed by atoms with Crippen LogP contribution in [0.1, 0.15) is 49.4 Å². The Balaban J connectivity index is 1.21. The average molecular weight is 443 g/mol. The SMILES string of the molecule is C[C@H](O)c1nccn1Cc1cc(-c2ccc(C#CC3=CCN(C(=O)C4CC4)CC3)cc2)on1. The fourth-order valence-corrected chi connectivity index (χ4v) is 3.96. The Morgan fingerprint density at radius 1 is 1.27 bits per heavy atom. The number of hydrogen-bond acceptors (Lipinski definition) is 5. The zero-order chi connectivity index (χ0) is 22.8. The maximum absolute atomic E-state index is 12.2.